The monoisotopic (exact) mass is 535 g/mol. The highest BCUT2D eigenvalue weighted by Crippen LogP contribution is 2.57. The minimum Gasteiger partial charge on any atom is -0.472 e. The first-order chi connectivity index (χ1) is 16.1. The molecule has 2 unspecified atom stereocenters. The number of nitrogens with zero attached hydrogens (tertiary/aromatic N) is 2. The van der Waals surface area contributed by atoms with Crippen LogP contribution in [-0.2, 0) is 14.5 Å². The SMILES string of the molecule is O=C1CSC2(C(=O)Nc3ccccc32)N1c1nc2c(s1)C(Br)Oc1c-2ccc2ccccc12. The molecule has 6 nitrogen and oxygen atoms in total. The second-order valence-corrected chi connectivity index (χ2v) is 11.0. The molecule has 1 spiro atoms. The Morgan fingerprint density at radius 2 is 1.91 bits per heavy atom. The van der Waals surface area contributed by atoms with E-state index in [0.717, 1.165) is 43.9 Å². The quantitative estimate of drug-likeness (QED) is 0.319. The third kappa shape index (κ3) is 2.52. The summed E-state index contributed by atoms with van der Waals surface area (Å²) in [5.41, 5.74) is 3.17. The zero-order chi connectivity index (χ0) is 22.3. The number of fused-ring (bicyclic) bond motifs is 7. The maximum absolute atomic E-state index is 13.3. The maximum Gasteiger partial charge on any atom is 0.266 e. The van der Waals surface area contributed by atoms with Crippen molar-refractivity contribution in [1.29, 1.82) is 0 Å². The highest BCUT2D eigenvalue weighted by molar-refractivity contribution is 9.09. The smallest absolute Gasteiger partial charge is 0.266 e. The van der Waals surface area contributed by atoms with E-state index in [2.05, 4.69) is 21.2 Å². The molecule has 1 fully saturated rings. The molecule has 0 radical (unpaired) electrons. The van der Waals surface area contributed by atoms with Gasteiger partial charge in [0.05, 0.1) is 16.3 Å². The maximum atomic E-state index is 13.3. The van der Waals surface area contributed by atoms with E-state index in [1.54, 1.807) is 4.90 Å². The van der Waals surface area contributed by atoms with Crippen molar-refractivity contribution < 1.29 is 14.3 Å². The third-order valence-electron chi connectivity index (χ3n) is 6.21. The van der Waals surface area contributed by atoms with Crippen LogP contribution in [0.4, 0.5) is 10.8 Å². The number of carbonyl (C=O) groups is 2. The van der Waals surface area contributed by atoms with E-state index < -0.39 is 9.88 Å². The summed E-state index contributed by atoms with van der Waals surface area (Å²) in [5, 5.41) is 5.13. The van der Waals surface area contributed by atoms with E-state index in [9.17, 15) is 9.59 Å². The van der Waals surface area contributed by atoms with Crippen LogP contribution in [0.15, 0.2) is 60.7 Å². The van der Waals surface area contributed by atoms with Crippen LogP contribution in [-0.4, -0.2) is 22.6 Å². The van der Waals surface area contributed by atoms with Crippen molar-refractivity contribution in [1.82, 2.24) is 4.98 Å². The van der Waals surface area contributed by atoms with Gasteiger partial charge in [-0.25, -0.2) is 4.98 Å². The summed E-state index contributed by atoms with van der Waals surface area (Å²) in [6, 6.07) is 19.6. The van der Waals surface area contributed by atoms with Gasteiger partial charge in [0, 0.05) is 22.2 Å². The Morgan fingerprint density at radius 3 is 2.82 bits per heavy atom. The Balaban J connectivity index is 1.43. The fourth-order valence-electron chi connectivity index (χ4n) is 4.77. The highest BCUT2D eigenvalue weighted by atomic mass is 79.9. The zero-order valence-electron chi connectivity index (χ0n) is 16.9. The van der Waals surface area contributed by atoms with E-state index in [4.69, 9.17) is 9.72 Å². The first kappa shape index (κ1) is 19.6. The fourth-order valence-corrected chi connectivity index (χ4v) is 7.86. The molecular weight excluding hydrogens is 522 g/mol. The third-order valence-corrected chi connectivity index (χ3v) is 9.64. The number of para-hydroxylation sites is 1. The number of hydrogen-bond acceptors (Lipinski definition) is 6. The van der Waals surface area contributed by atoms with Gasteiger partial charge in [0.25, 0.3) is 5.91 Å². The molecule has 4 heterocycles. The van der Waals surface area contributed by atoms with Crippen molar-refractivity contribution in [3.8, 4) is 17.0 Å². The van der Waals surface area contributed by atoms with Gasteiger partial charge in [-0.15, -0.1) is 11.8 Å². The summed E-state index contributed by atoms with van der Waals surface area (Å²) in [6.07, 6.45) is 0. The largest absolute Gasteiger partial charge is 0.472 e. The van der Waals surface area contributed by atoms with Crippen molar-refractivity contribution >= 4 is 72.4 Å². The van der Waals surface area contributed by atoms with Gasteiger partial charge in [-0.1, -0.05) is 59.9 Å². The number of aromatic nitrogens is 1. The van der Waals surface area contributed by atoms with E-state index in [1.807, 2.05) is 60.7 Å². The average molecular weight is 536 g/mol. The number of alkyl halides is 1. The Morgan fingerprint density at radius 1 is 1.09 bits per heavy atom. The molecule has 1 aromatic heterocycles. The molecule has 3 aliphatic heterocycles. The van der Waals surface area contributed by atoms with Crippen molar-refractivity contribution in [3.05, 3.63) is 71.1 Å². The van der Waals surface area contributed by atoms with Gasteiger partial charge in [-0.05, 0) is 33.4 Å². The van der Waals surface area contributed by atoms with Crippen LogP contribution in [0.1, 0.15) is 15.5 Å². The first-order valence-corrected chi connectivity index (χ1v) is 13.0. The van der Waals surface area contributed by atoms with Crippen LogP contribution in [0.2, 0.25) is 0 Å². The molecule has 9 heteroatoms. The molecule has 4 aromatic rings. The molecule has 7 rings (SSSR count). The zero-order valence-corrected chi connectivity index (χ0v) is 20.1. The number of nitrogens with one attached hydrogen (secondary N) is 1. The molecular formula is C24H14BrN3O3S2. The summed E-state index contributed by atoms with van der Waals surface area (Å²) in [7, 11) is 0. The second kappa shape index (κ2) is 6.82. The number of thioether (sulfide) groups is 1. The van der Waals surface area contributed by atoms with Crippen LogP contribution in [0.3, 0.4) is 0 Å². The summed E-state index contributed by atoms with van der Waals surface area (Å²) < 4.78 is 6.27. The molecule has 1 saturated heterocycles. The van der Waals surface area contributed by atoms with Gasteiger partial charge in [-0.3, -0.25) is 14.5 Å². The molecule has 2 amide bonds. The number of halogens is 1. The number of ether oxygens (including phenoxy) is 1. The second-order valence-electron chi connectivity index (χ2n) is 7.97. The molecule has 3 aliphatic rings. The van der Waals surface area contributed by atoms with Crippen molar-refractivity contribution in [3.63, 3.8) is 0 Å². The highest BCUT2D eigenvalue weighted by Gasteiger charge is 2.59. The van der Waals surface area contributed by atoms with Crippen LogP contribution in [0, 0.1) is 0 Å². The molecule has 0 bridgehead atoms. The minimum absolute atomic E-state index is 0.135. The average Bonchev–Trinajstić information content (AvgIpc) is 3.49. The number of carbonyl (C=O) groups excluding carboxylic acids is 2. The van der Waals surface area contributed by atoms with E-state index in [0.29, 0.717) is 5.13 Å². The predicted octanol–water partition coefficient (Wildman–Crippen LogP) is 5.63. The summed E-state index contributed by atoms with van der Waals surface area (Å²) in [6.45, 7) is 0. The number of anilines is 2. The van der Waals surface area contributed by atoms with Gasteiger partial charge in [-0.2, -0.15) is 0 Å². The number of rotatable bonds is 1. The van der Waals surface area contributed by atoms with Gasteiger partial charge < -0.3 is 10.1 Å². The summed E-state index contributed by atoms with van der Waals surface area (Å²) >= 11 is 6.37. The lowest BCUT2D eigenvalue weighted by Crippen LogP contribution is -2.47. The standard InChI is InChI=1S/C24H14BrN3O3S2/c25-21-20-18(14-10-9-12-5-1-2-6-13(12)19(14)31-21)27-23(33-20)28-17(29)11-32-24(28)15-7-3-4-8-16(15)26-22(24)30/h1-10,21H,11H2,(H,26,30). The van der Waals surface area contributed by atoms with Crippen LogP contribution >= 0.6 is 39.0 Å². The molecule has 33 heavy (non-hydrogen) atoms. The Bertz CT molecular complexity index is 1520. The molecule has 0 saturated carbocycles. The van der Waals surface area contributed by atoms with Gasteiger partial charge in [0.2, 0.25) is 10.8 Å². The summed E-state index contributed by atoms with van der Waals surface area (Å²) in [4.78, 5) is 32.6. The number of thiazole rings is 1. The lowest BCUT2D eigenvalue weighted by Gasteiger charge is -2.30. The van der Waals surface area contributed by atoms with E-state index in [1.165, 1.54) is 23.1 Å². The fraction of sp³-hybridized carbons (Fsp3) is 0.125. The Hall–Kier alpha value is -2.88. The first-order valence-electron chi connectivity index (χ1n) is 10.3. The number of hydrogen-bond donors (Lipinski definition) is 1. The van der Waals surface area contributed by atoms with Crippen LogP contribution in [0.25, 0.3) is 22.0 Å². The van der Waals surface area contributed by atoms with Crippen molar-refractivity contribution in [2.45, 2.75) is 9.88 Å². The molecule has 162 valence electrons. The Labute approximate surface area is 205 Å². The van der Waals surface area contributed by atoms with Crippen LogP contribution in [0.5, 0.6) is 5.75 Å². The topological polar surface area (TPSA) is 71.5 Å². The van der Waals surface area contributed by atoms with Gasteiger partial charge in [0.1, 0.15) is 5.75 Å². The van der Waals surface area contributed by atoms with Crippen molar-refractivity contribution in [2.75, 3.05) is 16.0 Å². The minimum atomic E-state index is -1.15. The normalized spacial score (nSPS) is 22.8. The van der Waals surface area contributed by atoms with Gasteiger partial charge >= 0.3 is 0 Å². The lowest BCUT2D eigenvalue weighted by atomic mass is 10.0. The number of amides is 2. The number of benzene rings is 3. The predicted molar refractivity (Wildman–Crippen MR) is 134 cm³/mol. The molecule has 1 N–H and O–H groups in total. The van der Waals surface area contributed by atoms with Crippen LogP contribution < -0.4 is 15.0 Å². The lowest BCUT2D eigenvalue weighted by molar-refractivity contribution is -0.122. The molecule has 2 atom stereocenters. The summed E-state index contributed by atoms with van der Waals surface area (Å²) in [5.74, 6) is 0.621. The van der Waals surface area contributed by atoms with E-state index >= 15 is 0 Å². The molecule has 3 aromatic carbocycles. The van der Waals surface area contributed by atoms with Gasteiger partial charge in [0.15, 0.2) is 10.1 Å². The molecule has 0 aliphatic carbocycles. The van der Waals surface area contributed by atoms with E-state index in [-0.39, 0.29) is 17.6 Å². The Kier molecular flexibility index (Phi) is 4.04. The van der Waals surface area contributed by atoms with Crippen molar-refractivity contribution in [2.24, 2.45) is 0 Å².